The number of nitrogens with zero attached hydrogens (tertiary/aromatic N) is 2. The molecule has 3 heteroatoms. The summed E-state index contributed by atoms with van der Waals surface area (Å²) < 4.78 is 6.59. The van der Waals surface area contributed by atoms with Crippen LogP contribution < -0.4 is 14.5 Å². The first-order valence-corrected chi connectivity index (χ1v) is 32.2. The largest absolute Gasteiger partial charge is 0.494 e. The number of aryl methyl sites for hydroxylation is 2. The fraction of sp³-hybridized carbons (Fsp3) is 0.126. The number of anilines is 6. The van der Waals surface area contributed by atoms with Crippen molar-refractivity contribution in [2.45, 2.75) is 66.2 Å². The highest BCUT2D eigenvalue weighted by Crippen LogP contribution is 2.48. The Kier molecular flexibility index (Phi) is 16.4. The van der Waals surface area contributed by atoms with E-state index in [1.807, 2.05) is 0 Å². The summed E-state index contributed by atoms with van der Waals surface area (Å²) in [6, 6.07) is 98.9. The van der Waals surface area contributed by atoms with E-state index in [0.29, 0.717) is 6.61 Å². The molecule has 14 rings (SSSR count). The molecule has 14 aromatic rings. The quantitative estimate of drug-likeness (QED) is 0.0456. The van der Waals surface area contributed by atoms with E-state index in [1.165, 1.54) is 130 Å². The van der Waals surface area contributed by atoms with Crippen LogP contribution in [-0.4, -0.2) is 6.61 Å². The molecule has 0 saturated carbocycles. The van der Waals surface area contributed by atoms with Gasteiger partial charge in [-0.2, -0.15) is 0 Å². The fourth-order valence-electron chi connectivity index (χ4n) is 13.3. The summed E-state index contributed by atoms with van der Waals surface area (Å²) in [5.74, 6) is 0.918. The van der Waals surface area contributed by atoms with Gasteiger partial charge in [0.05, 0.1) is 18.0 Å². The van der Waals surface area contributed by atoms with Crippen LogP contribution in [-0.2, 0) is 0 Å². The van der Waals surface area contributed by atoms with Gasteiger partial charge in [-0.05, 0) is 192 Å². The van der Waals surface area contributed by atoms with Gasteiger partial charge < -0.3 is 14.5 Å². The van der Waals surface area contributed by atoms with Gasteiger partial charge in [-0.15, -0.1) is 0 Å². The SMILES string of the molecule is C/C=C/c1cc(N(c2ccc3ccccc3c2)c2ccc3ccccc3c2)c(/C=C/c2ccc(-c3c4ccc(OCCCCCCCC)cc4c(-c4ccc(C)cc4)c4ccc(C)cc34)cc2)cc1N(c1ccc2ccccc2c1)c1ccc2ccccc2c1. The van der Waals surface area contributed by atoms with Crippen molar-refractivity contribution in [3.8, 4) is 28.0 Å². The van der Waals surface area contributed by atoms with Gasteiger partial charge in [0.1, 0.15) is 5.75 Å². The van der Waals surface area contributed by atoms with Gasteiger partial charge in [-0.25, -0.2) is 0 Å². The van der Waals surface area contributed by atoms with E-state index in [1.54, 1.807) is 0 Å². The van der Waals surface area contributed by atoms with Crippen LogP contribution in [0, 0.1) is 13.8 Å². The normalized spacial score (nSPS) is 11.8. The minimum atomic E-state index is 0.715. The third-order valence-corrected chi connectivity index (χ3v) is 18.0. The minimum Gasteiger partial charge on any atom is -0.494 e. The molecule has 0 aliphatic carbocycles. The van der Waals surface area contributed by atoms with Gasteiger partial charge in [0.25, 0.3) is 0 Å². The van der Waals surface area contributed by atoms with Crippen LogP contribution >= 0.6 is 0 Å². The van der Waals surface area contributed by atoms with Crippen LogP contribution in [0.4, 0.5) is 34.1 Å². The first kappa shape index (κ1) is 57.3. The molecular weight excluding hydrogens is 1090 g/mol. The van der Waals surface area contributed by atoms with Crippen molar-refractivity contribution in [1.82, 2.24) is 0 Å². The minimum absolute atomic E-state index is 0.715. The van der Waals surface area contributed by atoms with E-state index in [0.717, 1.165) is 63.0 Å². The Morgan fingerprint density at radius 2 is 0.744 bits per heavy atom. The molecule has 0 fully saturated rings. The van der Waals surface area contributed by atoms with Gasteiger partial charge in [-0.1, -0.05) is 269 Å². The fourth-order valence-corrected chi connectivity index (χ4v) is 13.3. The topological polar surface area (TPSA) is 15.7 Å². The van der Waals surface area contributed by atoms with E-state index >= 15 is 0 Å². The maximum Gasteiger partial charge on any atom is 0.119 e. The lowest BCUT2D eigenvalue weighted by atomic mass is 9.85. The molecule has 0 radical (unpaired) electrons. The Morgan fingerprint density at radius 3 is 1.22 bits per heavy atom. The number of rotatable bonds is 19. The summed E-state index contributed by atoms with van der Waals surface area (Å²) in [5, 5.41) is 14.4. The molecule has 90 heavy (non-hydrogen) atoms. The second-order valence-electron chi connectivity index (χ2n) is 24.2. The Bertz CT molecular complexity index is 4850. The average Bonchev–Trinajstić information content (AvgIpc) is 0.813. The van der Waals surface area contributed by atoms with Gasteiger partial charge in [0.2, 0.25) is 0 Å². The first-order chi connectivity index (χ1) is 44.3. The molecule has 0 heterocycles. The highest BCUT2D eigenvalue weighted by Gasteiger charge is 2.24. The van der Waals surface area contributed by atoms with Crippen molar-refractivity contribution in [2.75, 3.05) is 16.4 Å². The Balaban J connectivity index is 0.946. The van der Waals surface area contributed by atoms with Gasteiger partial charge >= 0.3 is 0 Å². The number of hydrogen-bond acceptors (Lipinski definition) is 3. The third kappa shape index (κ3) is 11.8. The van der Waals surface area contributed by atoms with E-state index in [2.05, 4.69) is 329 Å². The van der Waals surface area contributed by atoms with Crippen molar-refractivity contribution < 1.29 is 4.74 Å². The summed E-state index contributed by atoms with van der Waals surface area (Å²) >= 11 is 0. The molecule has 0 amide bonds. The summed E-state index contributed by atoms with van der Waals surface area (Å²) in [4.78, 5) is 4.91. The monoisotopic (exact) mass is 1160 g/mol. The Hall–Kier alpha value is -10.5. The van der Waals surface area contributed by atoms with Crippen molar-refractivity contribution in [3.05, 3.63) is 301 Å². The molecule has 0 saturated heterocycles. The molecule has 0 unspecified atom stereocenters. The van der Waals surface area contributed by atoms with Crippen LogP contribution in [0.5, 0.6) is 5.75 Å². The molecule has 0 aliphatic heterocycles. The second-order valence-corrected chi connectivity index (χ2v) is 24.2. The summed E-state index contributed by atoms with van der Waals surface area (Å²) in [6.45, 7) is 9.48. The lowest BCUT2D eigenvalue weighted by molar-refractivity contribution is 0.305. The lowest BCUT2D eigenvalue weighted by Gasteiger charge is -2.32. The zero-order chi connectivity index (χ0) is 60.9. The number of hydrogen-bond donors (Lipinski definition) is 0. The molecular formula is C87H74N2O. The molecule has 0 bridgehead atoms. The lowest BCUT2D eigenvalue weighted by Crippen LogP contribution is -2.15. The van der Waals surface area contributed by atoms with Crippen molar-refractivity contribution in [1.29, 1.82) is 0 Å². The van der Waals surface area contributed by atoms with E-state index < -0.39 is 0 Å². The Morgan fingerprint density at radius 1 is 0.333 bits per heavy atom. The second kappa shape index (κ2) is 25.7. The molecule has 0 N–H and O–H groups in total. The smallest absolute Gasteiger partial charge is 0.119 e. The molecule has 3 nitrogen and oxygen atoms in total. The molecule has 0 aliphatic rings. The van der Waals surface area contributed by atoms with Crippen molar-refractivity contribution in [3.63, 3.8) is 0 Å². The molecule has 0 aromatic heterocycles. The number of fused-ring (bicyclic) bond motifs is 6. The maximum absolute atomic E-state index is 6.59. The third-order valence-electron chi connectivity index (χ3n) is 18.0. The number of ether oxygens (including phenoxy) is 1. The van der Waals surface area contributed by atoms with Crippen molar-refractivity contribution in [2.24, 2.45) is 0 Å². The predicted octanol–water partition coefficient (Wildman–Crippen LogP) is 25.4. The maximum atomic E-state index is 6.59. The molecule has 0 spiro atoms. The average molecular weight is 1160 g/mol. The summed E-state index contributed by atoms with van der Waals surface area (Å²) in [7, 11) is 0. The van der Waals surface area contributed by atoms with Crippen LogP contribution in [0.15, 0.2) is 273 Å². The predicted molar refractivity (Wildman–Crippen MR) is 390 cm³/mol. The van der Waals surface area contributed by atoms with Gasteiger partial charge in [-0.3, -0.25) is 0 Å². The van der Waals surface area contributed by atoms with Crippen LogP contribution in [0.2, 0.25) is 0 Å². The Labute approximate surface area is 530 Å². The van der Waals surface area contributed by atoms with Crippen molar-refractivity contribution >= 4 is 117 Å². The number of unbranched alkanes of at least 4 members (excludes halogenated alkanes) is 5. The highest BCUT2D eigenvalue weighted by atomic mass is 16.5. The molecule has 0 atom stereocenters. The summed E-state index contributed by atoms with van der Waals surface area (Å²) in [5.41, 5.74) is 17.0. The first-order valence-electron chi connectivity index (χ1n) is 32.2. The van der Waals surface area contributed by atoms with Crippen LogP contribution in [0.1, 0.15) is 80.2 Å². The number of allylic oxidation sites excluding steroid dienone is 1. The standard InChI is InChI=1S/C87H74N2O/c1-5-7-8-9-10-19-51-90-79-48-50-81-83(59-79)87(67-35-29-60(3)30-36-67)80-49-31-61(4)52-82(80)86(81)68-37-32-62(33-38-68)34-39-74-58-84(88(75-44-40-63-21-11-15-25-69(63)53-75)76-45-41-64-22-12-16-26-70(64)54-76)73(20-6-2)57-85(74)89(77-46-42-65-23-13-17-27-71(65)55-77)78-47-43-66-24-14-18-28-72(66)56-78/h6,11-18,20-50,52-59H,5,7-10,19,51H2,1-4H3/b20-6+,39-34+. The van der Waals surface area contributed by atoms with Gasteiger partial charge in [0, 0.05) is 33.9 Å². The zero-order valence-electron chi connectivity index (χ0n) is 52.0. The van der Waals surface area contributed by atoms with Crippen LogP contribution in [0.3, 0.4) is 0 Å². The van der Waals surface area contributed by atoms with E-state index in [4.69, 9.17) is 4.74 Å². The summed E-state index contributed by atoms with van der Waals surface area (Å²) in [6.07, 6.45) is 16.4. The van der Waals surface area contributed by atoms with E-state index in [9.17, 15) is 0 Å². The number of benzene rings is 14. The van der Waals surface area contributed by atoms with Crippen LogP contribution in [0.25, 0.3) is 105 Å². The molecule has 438 valence electrons. The van der Waals surface area contributed by atoms with Gasteiger partial charge in [0.15, 0.2) is 0 Å². The highest BCUT2D eigenvalue weighted by molar-refractivity contribution is 6.22. The molecule has 14 aromatic carbocycles. The zero-order valence-corrected chi connectivity index (χ0v) is 52.0. The van der Waals surface area contributed by atoms with E-state index in [-0.39, 0.29) is 0 Å².